The second-order valence-corrected chi connectivity index (χ2v) is 6.40. The average molecular weight is 362 g/mol. The van der Waals surface area contributed by atoms with Gasteiger partial charge in [0.15, 0.2) is 0 Å². The fraction of sp³-hybridized carbons (Fsp3) is 0.200. The summed E-state index contributed by atoms with van der Waals surface area (Å²) in [5.74, 6) is -0.222. The monoisotopic (exact) mass is 362 g/mol. The van der Waals surface area contributed by atoms with Gasteiger partial charge in [0.05, 0.1) is 23.1 Å². The Balaban J connectivity index is 1.59. The van der Waals surface area contributed by atoms with Crippen molar-refractivity contribution in [3.8, 4) is 0 Å². The van der Waals surface area contributed by atoms with Gasteiger partial charge in [0.1, 0.15) is 6.54 Å². The number of fused-ring (bicyclic) bond motifs is 1. The molecule has 2 amide bonds. The minimum Gasteiger partial charge on any atom is -0.323 e. The van der Waals surface area contributed by atoms with Crippen LogP contribution in [0.4, 0.5) is 11.4 Å². The molecule has 1 saturated heterocycles. The van der Waals surface area contributed by atoms with E-state index in [0.717, 1.165) is 6.42 Å². The SMILES string of the molecule is O=C(Cn1ncc(=O)c2ccccc21)Nc1ccccc1N1CCCC1=O. The minimum absolute atomic E-state index is 0.0386. The predicted octanol–water partition coefficient (Wildman–Crippen LogP) is 2.16. The van der Waals surface area contributed by atoms with E-state index in [2.05, 4.69) is 10.4 Å². The molecule has 0 spiro atoms. The maximum Gasteiger partial charge on any atom is 0.246 e. The molecule has 3 aromatic rings. The van der Waals surface area contributed by atoms with Crippen LogP contribution in [0.2, 0.25) is 0 Å². The number of anilines is 2. The first-order valence-corrected chi connectivity index (χ1v) is 8.77. The summed E-state index contributed by atoms with van der Waals surface area (Å²) in [7, 11) is 0. The van der Waals surface area contributed by atoms with Gasteiger partial charge in [-0.2, -0.15) is 5.10 Å². The molecule has 2 aromatic carbocycles. The van der Waals surface area contributed by atoms with E-state index in [-0.39, 0.29) is 23.8 Å². The largest absolute Gasteiger partial charge is 0.323 e. The molecule has 0 aliphatic carbocycles. The van der Waals surface area contributed by atoms with Crippen LogP contribution in [0, 0.1) is 0 Å². The van der Waals surface area contributed by atoms with E-state index >= 15 is 0 Å². The van der Waals surface area contributed by atoms with Crippen LogP contribution >= 0.6 is 0 Å². The van der Waals surface area contributed by atoms with Gasteiger partial charge in [-0.25, -0.2) is 0 Å². The lowest BCUT2D eigenvalue weighted by Gasteiger charge is -2.20. The zero-order chi connectivity index (χ0) is 18.8. The Kier molecular flexibility index (Phi) is 4.42. The van der Waals surface area contributed by atoms with Crippen LogP contribution in [0.1, 0.15) is 12.8 Å². The van der Waals surface area contributed by atoms with Gasteiger partial charge >= 0.3 is 0 Å². The van der Waals surface area contributed by atoms with Gasteiger partial charge < -0.3 is 10.2 Å². The van der Waals surface area contributed by atoms with E-state index in [9.17, 15) is 14.4 Å². The molecule has 2 heterocycles. The maximum atomic E-state index is 12.6. The van der Waals surface area contributed by atoms with Crippen molar-refractivity contribution in [3.05, 3.63) is 65.0 Å². The number of rotatable bonds is 4. The Morgan fingerprint density at radius 1 is 1.07 bits per heavy atom. The lowest BCUT2D eigenvalue weighted by Crippen LogP contribution is -2.27. The summed E-state index contributed by atoms with van der Waals surface area (Å²) in [6.07, 6.45) is 2.55. The average Bonchev–Trinajstić information content (AvgIpc) is 3.10. The molecule has 1 aromatic heterocycles. The van der Waals surface area contributed by atoms with E-state index < -0.39 is 0 Å². The van der Waals surface area contributed by atoms with Crippen LogP contribution in [-0.2, 0) is 16.1 Å². The smallest absolute Gasteiger partial charge is 0.246 e. The minimum atomic E-state index is -0.282. The molecule has 7 heteroatoms. The van der Waals surface area contributed by atoms with E-state index in [4.69, 9.17) is 0 Å². The highest BCUT2D eigenvalue weighted by Gasteiger charge is 2.24. The summed E-state index contributed by atoms with van der Waals surface area (Å²) in [4.78, 5) is 38.3. The molecule has 7 nitrogen and oxygen atoms in total. The highest BCUT2D eigenvalue weighted by Crippen LogP contribution is 2.29. The van der Waals surface area contributed by atoms with Gasteiger partial charge in [0.25, 0.3) is 0 Å². The van der Waals surface area contributed by atoms with E-state index in [0.29, 0.717) is 35.2 Å². The van der Waals surface area contributed by atoms with Crippen molar-refractivity contribution in [1.29, 1.82) is 0 Å². The molecule has 4 rings (SSSR count). The molecule has 0 radical (unpaired) electrons. The molecule has 1 N–H and O–H groups in total. The molecule has 1 aliphatic rings. The molecular formula is C20H18N4O3. The van der Waals surface area contributed by atoms with Gasteiger partial charge in [-0.3, -0.25) is 19.1 Å². The van der Waals surface area contributed by atoms with Gasteiger partial charge in [-0.05, 0) is 30.7 Å². The quantitative estimate of drug-likeness (QED) is 0.771. The molecule has 0 saturated carbocycles. The van der Waals surface area contributed by atoms with Crippen molar-refractivity contribution in [2.24, 2.45) is 0 Å². The van der Waals surface area contributed by atoms with Crippen molar-refractivity contribution in [2.45, 2.75) is 19.4 Å². The summed E-state index contributed by atoms with van der Waals surface area (Å²) in [6.45, 7) is 0.612. The van der Waals surface area contributed by atoms with Crippen LogP contribution in [0.25, 0.3) is 10.9 Å². The molecule has 0 atom stereocenters. The van der Waals surface area contributed by atoms with Crippen molar-refractivity contribution in [2.75, 3.05) is 16.8 Å². The first-order valence-electron chi connectivity index (χ1n) is 8.77. The molecule has 1 aliphatic heterocycles. The topological polar surface area (TPSA) is 84.3 Å². The Labute approximate surface area is 155 Å². The maximum absolute atomic E-state index is 12.6. The van der Waals surface area contributed by atoms with Gasteiger partial charge in [-0.1, -0.05) is 24.3 Å². The standard InChI is InChI=1S/C20H18N4O3/c25-18-12-21-24(16-8-3-1-6-14(16)18)13-19(26)22-15-7-2-4-9-17(15)23-11-5-10-20(23)27/h1-4,6-9,12H,5,10-11,13H2,(H,22,26). The van der Waals surface area contributed by atoms with Crippen molar-refractivity contribution < 1.29 is 9.59 Å². The number of nitrogens with one attached hydrogen (secondary N) is 1. The fourth-order valence-corrected chi connectivity index (χ4v) is 3.33. The number of para-hydroxylation sites is 3. The third-order valence-electron chi connectivity index (χ3n) is 4.60. The van der Waals surface area contributed by atoms with Crippen LogP contribution in [0.5, 0.6) is 0 Å². The number of hydrogen-bond acceptors (Lipinski definition) is 4. The van der Waals surface area contributed by atoms with Crippen LogP contribution < -0.4 is 15.6 Å². The number of amides is 2. The van der Waals surface area contributed by atoms with Crippen LogP contribution in [-0.4, -0.2) is 28.1 Å². The third-order valence-corrected chi connectivity index (χ3v) is 4.60. The lowest BCUT2D eigenvalue weighted by atomic mass is 10.2. The summed E-state index contributed by atoms with van der Waals surface area (Å²) < 4.78 is 1.50. The molecule has 27 heavy (non-hydrogen) atoms. The molecule has 0 unspecified atom stereocenters. The number of hydrogen-bond donors (Lipinski definition) is 1. The van der Waals surface area contributed by atoms with Crippen LogP contribution in [0.15, 0.2) is 59.5 Å². The summed E-state index contributed by atoms with van der Waals surface area (Å²) >= 11 is 0. The molecule has 136 valence electrons. The van der Waals surface area contributed by atoms with Crippen molar-refractivity contribution in [3.63, 3.8) is 0 Å². The Bertz CT molecular complexity index is 1090. The first kappa shape index (κ1) is 17.0. The second kappa shape index (κ2) is 7.03. The fourth-order valence-electron chi connectivity index (χ4n) is 3.33. The number of benzene rings is 2. The van der Waals surface area contributed by atoms with E-state index in [1.54, 1.807) is 35.2 Å². The highest BCUT2D eigenvalue weighted by atomic mass is 16.2. The Morgan fingerprint density at radius 2 is 1.85 bits per heavy atom. The third kappa shape index (κ3) is 3.31. The summed E-state index contributed by atoms with van der Waals surface area (Å²) in [5, 5.41) is 7.46. The van der Waals surface area contributed by atoms with Crippen molar-refractivity contribution in [1.82, 2.24) is 9.78 Å². The number of carbonyl (C=O) groups excluding carboxylic acids is 2. The van der Waals surface area contributed by atoms with Crippen LogP contribution in [0.3, 0.4) is 0 Å². The number of aromatic nitrogens is 2. The Hall–Kier alpha value is -3.48. The van der Waals surface area contributed by atoms with Gasteiger partial charge in [0, 0.05) is 18.4 Å². The van der Waals surface area contributed by atoms with Gasteiger partial charge in [-0.15, -0.1) is 0 Å². The zero-order valence-electron chi connectivity index (χ0n) is 14.6. The first-order chi connectivity index (χ1) is 13.1. The number of nitrogens with zero attached hydrogens (tertiary/aromatic N) is 3. The summed E-state index contributed by atoms with van der Waals surface area (Å²) in [6, 6.07) is 14.3. The lowest BCUT2D eigenvalue weighted by molar-refractivity contribution is -0.118. The molecule has 0 bridgehead atoms. The zero-order valence-corrected chi connectivity index (χ0v) is 14.6. The molecule has 1 fully saturated rings. The normalized spacial score (nSPS) is 13.9. The second-order valence-electron chi connectivity index (χ2n) is 6.40. The Morgan fingerprint density at radius 3 is 2.67 bits per heavy atom. The molecular weight excluding hydrogens is 344 g/mol. The van der Waals surface area contributed by atoms with E-state index in [1.807, 2.05) is 18.2 Å². The van der Waals surface area contributed by atoms with E-state index in [1.165, 1.54) is 10.9 Å². The van der Waals surface area contributed by atoms with Crippen molar-refractivity contribution >= 4 is 34.1 Å². The highest BCUT2D eigenvalue weighted by molar-refractivity contribution is 6.02. The van der Waals surface area contributed by atoms with Gasteiger partial charge in [0.2, 0.25) is 17.2 Å². The number of carbonyl (C=O) groups is 2. The predicted molar refractivity (Wildman–Crippen MR) is 103 cm³/mol. The summed E-state index contributed by atoms with van der Waals surface area (Å²) in [5.41, 5.74) is 1.71.